The van der Waals surface area contributed by atoms with Crippen LogP contribution < -0.4 is 11.1 Å². The Morgan fingerprint density at radius 3 is 2.50 bits per heavy atom. The van der Waals surface area contributed by atoms with Crippen LogP contribution in [-0.4, -0.2) is 18.5 Å². The van der Waals surface area contributed by atoms with Gasteiger partial charge < -0.3 is 11.1 Å². The summed E-state index contributed by atoms with van der Waals surface area (Å²) < 4.78 is 0. The highest BCUT2D eigenvalue weighted by atomic mass is 16.2. The van der Waals surface area contributed by atoms with Gasteiger partial charge in [0, 0.05) is 13.0 Å². The van der Waals surface area contributed by atoms with Crippen molar-refractivity contribution in [2.75, 3.05) is 6.54 Å². The summed E-state index contributed by atoms with van der Waals surface area (Å²) in [7, 11) is 0. The zero-order valence-corrected chi connectivity index (χ0v) is 9.05. The lowest BCUT2D eigenvalue weighted by molar-refractivity contribution is -0.122. The Balaban J connectivity index is 3.78. The highest BCUT2D eigenvalue weighted by Gasteiger charge is 2.12. The highest BCUT2D eigenvalue weighted by Crippen LogP contribution is 2.05. The summed E-state index contributed by atoms with van der Waals surface area (Å²) in [6, 6.07) is -0.561. The van der Waals surface area contributed by atoms with Gasteiger partial charge in [0.05, 0.1) is 6.04 Å². The first kappa shape index (κ1) is 13.0. The first-order valence-corrected chi connectivity index (χ1v) is 5.12. The largest absolute Gasteiger partial charge is 0.354 e. The number of hydrogen-bond acceptors (Lipinski definition) is 2. The molecule has 0 aliphatic rings. The molecule has 0 aliphatic carbocycles. The molecular weight excluding hydrogens is 176 g/mol. The van der Waals surface area contributed by atoms with Crippen molar-refractivity contribution in [3.05, 3.63) is 0 Å². The topological polar surface area (TPSA) is 55.1 Å². The van der Waals surface area contributed by atoms with Gasteiger partial charge in [-0.1, -0.05) is 26.7 Å². The van der Waals surface area contributed by atoms with Crippen molar-refractivity contribution < 1.29 is 4.79 Å². The van der Waals surface area contributed by atoms with Gasteiger partial charge in [0.2, 0.25) is 5.91 Å². The molecule has 0 spiro atoms. The lowest BCUT2D eigenvalue weighted by Gasteiger charge is -2.15. The lowest BCUT2D eigenvalue weighted by atomic mass is 10.0. The van der Waals surface area contributed by atoms with Crippen LogP contribution in [0.2, 0.25) is 0 Å². The summed E-state index contributed by atoms with van der Waals surface area (Å²) in [5.41, 5.74) is 5.54. The number of carbonyl (C=O) groups is 1. The van der Waals surface area contributed by atoms with Crippen molar-refractivity contribution in [1.29, 1.82) is 0 Å². The van der Waals surface area contributed by atoms with E-state index in [1.54, 1.807) is 0 Å². The van der Waals surface area contributed by atoms with Crippen molar-refractivity contribution in [2.45, 2.75) is 39.2 Å². The Morgan fingerprint density at radius 1 is 1.50 bits per heavy atom. The lowest BCUT2D eigenvalue weighted by Crippen LogP contribution is -2.42. The van der Waals surface area contributed by atoms with Gasteiger partial charge in [-0.05, 0) is 5.92 Å². The summed E-state index contributed by atoms with van der Waals surface area (Å²) in [5.74, 6) is 2.77. The molecule has 14 heavy (non-hydrogen) atoms. The second-order valence-corrected chi connectivity index (χ2v) is 3.44. The fourth-order valence-electron chi connectivity index (χ4n) is 1.17. The van der Waals surface area contributed by atoms with Crippen LogP contribution in [0.5, 0.6) is 0 Å². The monoisotopic (exact) mass is 196 g/mol. The fraction of sp³-hybridized carbons (Fsp3) is 0.727. The SMILES string of the molecule is C#CCC(N)C(=O)NCC(CC)CC. The fourth-order valence-corrected chi connectivity index (χ4v) is 1.17. The van der Waals surface area contributed by atoms with Crippen LogP contribution in [0.3, 0.4) is 0 Å². The molecule has 80 valence electrons. The molecular formula is C11H20N2O. The molecule has 0 heterocycles. The number of rotatable bonds is 6. The maximum Gasteiger partial charge on any atom is 0.237 e. The zero-order valence-electron chi connectivity index (χ0n) is 9.05. The van der Waals surface area contributed by atoms with E-state index >= 15 is 0 Å². The molecule has 0 fully saturated rings. The standard InChI is InChI=1S/C11H20N2O/c1-4-7-10(12)11(14)13-8-9(5-2)6-3/h1,9-10H,5-8,12H2,2-3H3,(H,13,14). The molecule has 3 N–H and O–H groups in total. The molecule has 0 aromatic rings. The third-order valence-electron chi connectivity index (χ3n) is 2.39. The summed E-state index contributed by atoms with van der Waals surface area (Å²) in [6.07, 6.45) is 7.51. The van der Waals surface area contributed by atoms with Crippen molar-refractivity contribution in [3.8, 4) is 12.3 Å². The number of nitrogens with one attached hydrogen (secondary N) is 1. The molecule has 1 unspecified atom stereocenters. The van der Waals surface area contributed by atoms with Crippen LogP contribution in [0.1, 0.15) is 33.1 Å². The van der Waals surface area contributed by atoms with Crippen molar-refractivity contribution in [3.63, 3.8) is 0 Å². The van der Waals surface area contributed by atoms with E-state index < -0.39 is 6.04 Å². The maximum atomic E-state index is 11.3. The minimum atomic E-state index is -0.561. The van der Waals surface area contributed by atoms with Crippen LogP contribution in [-0.2, 0) is 4.79 Å². The molecule has 0 aromatic heterocycles. The van der Waals surface area contributed by atoms with Gasteiger partial charge in [0.25, 0.3) is 0 Å². The minimum Gasteiger partial charge on any atom is -0.354 e. The van der Waals surface area contributed by atoms with Crippen LogP contribution in [0.15, 0.2) is 0 Å². The number of carbonyl (C=O) groups excluding carboxylic acids is 1. The van der Waals surface area contributed by atoms with E-state index in [2.05, 4.69) is 25.1 Å². The zero-order chi connectivity index (χ0) is 11.0. The predicted molar refractivity (Wildman–Crippen MR) is 58.5 cm³/mol. The number of terminal acetylenes is 1. The minimum absolute atomic E-state index is 0.144. The van der Waals surface area contributed by atoms with Gasteiger partial charge in [0.15, 0.2) is 0 Å². The van der Waals surface area contributed by atoms with Gasteiger partial charge in [-0.2, -0.15) is 0 Å². The van der Waals surface area contributed by atoms with E-state index in [4.69, 9.17) is 12.2 Å². The summed E-state index contributed by atoms with van der Waals surface area (Å²) >= 11 is 0. The number of amides is 1. The van der Waals surface area contributed by atoms with E-state index in [9.17, 15) is 4.79 Å². The van der Waals surface area contributed by atoms with Crippen LogP contribution >= 0.6 is 0 Å². The van der Waals surface area contributed by atoms with Gasteiger partial charge >= 0.3 is 0 Å². The van der Waals surface area contributed by atoms with E-state index in [-0.39, 0.29) is 5.91 Å². The first-order chi connectivity index (χ1) is 6.65. The molecule has 0 bridgehead atoms. The van der Waals surface area contributed by atoms with Gasteiger partial charge in [0.1, 0.15) is 0 Å². The molecule has 0 rings (SSSR count). The molecule has 0 aliphatic heterocycles. The van der Waals surface area contributed by atoms with E-state index in [0.717, 1.165) is 12.8 Å². The van der Waals surface area contributed by atoms with Crippen LogP contribution in [0, 0.1) is 18.3 Å². The third kappa shape index (κ3) is 4.88. The molecule has 3 nitrogen and oxygen atoms in total. The van der Waals surface area contributed by atoms with Gasteiger partial charge in [-0.3, -0.25) is 4.79 Å². The molecule has 0 saturated carbocycles. The first-order valence-electron chi connectivity index (χ1n) is 5.12. The second-order valence-electron chi connectivity index (χ2n) is 3.44. The summed E-state index contributed by atoms with van der Waals surface area (Å²) in [6.45, 7) is 4.92. The molecule has 0 saturated heterocycles. The average Bonchev–Trinajstić information content (AvgIpc) is 2.19. The Hall–Kier alpha value is -1.01. The summed E-state index contributed by atoms with van der Waals surface area (Å²) in [4.78, 5) is 11.3. The van der Waals surface area contributed by atoms with Crippen LogP contribution in [0.25, 0.3) is 0 Å². The van der Waals surface area contributed by atoms with Gasteiger partial charge in [-0.25, -0.2) is 0 Å². The molecule has 0 radical (unpaired) electrons. The Morgan fingerprint density at radius 2 is 2.07 bits per heavy atom. The van der Waals surface area contributed by atoms with Crippen molar-refractivity contribution in [1.82, 2.24) is 5.32 Å². The normalized spacial score (nSPS) is 12.2. The molecule has 1 amide bonds. The Labute approximate surface area is 86.4 Å². The predicted octanol–water partition coefficient (Wildman–Crippen LogP) is 0.889. The second kappa shape index (κ2) is 7.40. The van der Waals surface area contributed by atoms with E-state index in [0.29, 0.717) is 18.9 Å². The molecule has 3 heteroatoms. The van der Waals surface area contributed by atoms with Crippen molar-refractivity contribution in [2.24, 2.45) is 11.7 Å². The maximum absolute atomic E-state index is 11.3. The smallest absolute Gasteiger partial charge is 0.237 e. The molecule has 1 atom stereocenters. The van der Waals surface area contributed by atoms with Gasteiger partial charge in [-0.15, -0.1) is 12.3 Å². The molecule has 0 aromatic carbocycles. The van der Waals surface area contributed by atoms with E-state index in [1.807, 2.05) is 0 Å². The number of hydrogen-bond donors (Lipinski definition) is 2. The Kier molecular flexibility index (Phi) is 6.87. The average molecular weight is 196 g/mol. The Bertz CT molecular complexity index is 204. The highest BCUT2D eigenvalue weighted by molar-refractivity contribution is 5.81. The third-order valence-corrected chi connectivity index (χ3v) is 2.39. The summed E-state index contributed by atoms with van der Waals surface area (Å²) in [5, 5.41) is 2.81. The van der Waals surface area contributed by atoms with Crippen LogP contribution in [0.4, 0.5) is 0 Å². The quantitative estimate of drug-likeness (QED) is 0.620. The van der Waals surface area contributed by atoms with E-state index in [1.165, 1.54) is 0 Å². The van der Waals surface area contributed by atoms with Crippen molar-refractivity contribution >= 4 is 5.91 Å². The number of nitrogens with two attached hydrogens (primary N) is 1.